The summed E-state index contributed by atoms with van der Waals surface area (Å²) in [6, 6.07) is 1.80. The number of imidazole rings is 1. The third-order valence-electron chi connectivity index (χ3n) is 4.71. The summed E-state index contributed by atoms with van der Waals surface area (Å²) >= 11 is 0. The van der Waals surface area contributed by atoms with Gasteiger partial charge in [0.2, 0.25) is 5.95 Å². The molecule has 7 heteroatoms. The summed E-state index contributed by atoms with van der Waals surface area (Å²) in [5.41, 5.74) is 1.47. The Morgan fingerprint density at radius 2 is 2.12 bits per heavy atom. The average Bonchev–Trinajstić information content (AvgIpc) is 3.23. The number of carbonyl (C=O) groups is 1. The van der Waals surface area contributed by atoms with E-state index in [0.29, 0.717) is 11.6 Å². The maximum absolute atomic E-state index is 12.6. The second-order valence-electron chi connectivity index (χ2n) is 6.60. The van der Waals surface area contributed by atoms with Gasteiger partial charge < -0.3 is 14.8 Å². The van der Waals surface area contributed by atoms with Gasteiger partial charge in [-0.1, -0.05) is 0 Å². The van der Waals surface area contributed by atoms with Gasteiger partial charge in [-0.15, -0.1) is 0 Å². The number of anilines is 1. The standard InChI is InChI=1S/C17H22N6O/c1-12-10-23-11-13(4-5-15(23)19-12)20-16(24)14-6-7-18-17(21-14)22-8-2-3-9-22/h6-7,10,13H,2-5,8-9,11H2,1H3,(H,20,24)/t13-/m1/s1. The summed E-state index contributed by atoms with van der Waals surface area (Å²) < 4.78 is 2.14. The Hall–Kier alpha value is -2.44. The summed E-state index contributed by atoms with van der Waals surface area (Å²) in [6.07, 6.45) is 7.84. The lowest BCUT2D eigenvalue weighted by Crippen LogP contribution is -2.41. The number of hydrogen-bond acceptors (Lipinski definition) is 5. The monoisotopic (exact) mass is 326 g/mol. The highest BCUT2D eigenvalue weighted by Crippen LogP contribution is 2.17. The van der Waals surface area contributed by atoms with Gasteiger partial charge in [-0.2, -0.15) is 0 Å². The van der Waals surface area contributed by atoms with Crippen molar-refractivity contribution in [2.24, 2.45) is 0 Å². The quantitative estimate of drug-likeness (QED) is 0.921. The van der Waals surface area contributed by atoms with Gasteiger partial charge in [-0.3, -0.25) is 4.79 Å². The molecule has 2 aliphatic rings. The average molecular weight is 326 g/mol. The molecule has 0 spiro atoms. The second kappa shape index (κ2) is 6.22. The molecule has 2 aliphatic heterocycles. The molecule has 4 heterocycles. The van der Waals surface area contributed by atoms with Crippen LogP contribution in [0.1, 0.15) is 41.3 Å². The number of fused-ring (bicyclic) bond motifs is 1. The first-order valence-electron chi connectivity index (χ1n) is 8.60. The molecule has 1 N–H and O–H groups in total. The van der Waals surface area contributed by atoms with Crippen molar-refractivity contribution in [1.29, 1.82) is 0 Å². The van der Waals surface area contributed by atoms with Crippen LogP contribution in [0.5, 0.6) is 0 Å². The highest BCUT2D eigenvalue weighted by atomic mass is 16.2. The van der Waals surface area contributed by atoms with Crippen LogP contribution in [0.15, 0.2) is 18.5 Å². The van der Waals surface area contributed by atoms with E-state index in [4.69, 9.17) is 0 Å². The van der Waals surface area contributed by atoms with Crippen molar-refractivity contribution in [3.05, 3.63) is 35.7 Å². The van der Waals surface area contributed by atoms with Crippen LogP contribution in [0.4, 0.5) is 5.95 Å². The number of nitrogens with zero attached hydrogens (tertiary/aromatic N) is 5. The van der Waals surface area contributed by atoms with Crippen LogP contribution in [0.2, 0.25) is 0 Å². The summed E-state index contributed by atoms with van der Waals surface area (Å²) in [4.78, 5) is 27.9. The Morgan fingerprint density at radius 1 is 1.29 bits per heavy atom. The van der Waals surface area contributed by atoms with Crippen LogP contribution in [-0.2, 0) is 13.0 Å². The third kappa shape index (κ3) is 2.98. The van der Waals surface area contributed by atoms with Crippen molar-refractivity contribution in [2.45, 2.75) is 45.2 Å². The number of carbonyl (C=O) groups excluding carboxylic acids is 1. The van der Waals surface area contributed by atoms with Gasteiger partial charge in [-0.25, -0.2) is 15.0 Å². The lowest BCUT2D eigenvalue weighted by molar-refractivity contribution is 0.0922. The Labute approximate surface area is 141 Å². The highest BCUT2D eigenvalue weighted by Gasteiger charge is 2.23. The first kappa shape index (κ1) is 15.1. The fourth-order valence-corrected chi connectivity index (χ4v) is 3.51. The van der Waals surface area contributed by atoms with E-state index in [-0.39, 0.29) is 11.9 Å². The molecular formula is C17H22N6O. The summed E-state index contributed by atoms with van der Waals surface area (Å²) in [5.74, 6) is 1.65. The first-order valence-corrected chi connectivity index (χ1v) is 8.60. The van der Waals surface area contributed by atoms with Crippen molar-refractivity contribution >= 4 is 11.9 Å². The normalized spacial score (nSPS) is 20.0. The zero-order chi connectivity index (χ0) is 16.5. The summed E-state index contributed by atoms with van der Waals surface area (Å²) in [5, 5.41) is 3.11. The maximum Gasteiger partial charge on any atom is 0.270 e. The molecule has 2 aromatic heterocycles. The molecule has 1 atom stereocenters. The van der Waals surface area contributed by atoms with Gasteiger partial charge in [0, 0.05) is 44.5 Å². The second-order valence-corrected chi connectivity index (χ2v) is 6.60. The zero-order valence-electron chi connectivity index (χ0n) is 13.9. The molecule has 0 bridgehead atoms. The van der Waals surface area contributed by atoms with Gasteiger partial charge in [0.15, 0.2) is 0 Å². The topological polar surface area (TPSA) is 75.9 Å². The van der Waals surface area contributed by atoms with Crippen molar-refractivity contribution in [1.82, 2.24) is 24.8 Å². The Kier molecular flexibility index (Phi) is 3.92. The molecule has 7 nitrogen and oxygen atoms in total. The van der Waals surface area contributed by atoms with E-state index in [1.807, 2.05) is 13.1 Å². The molecule has 1 fully saturated rings. The van der Waals surface area contributed by atoms with E-state index in [9.17, 15) is 4.79 Å². The summed E-state index contributed by atoms with van der Waals surface area (Å²) in [6.45, 7) is 4.71. The molecule has 0 aromatic carbocycles. The molecular weight excluding hydrogens is 304 g/mol. The third-order valence-corrected chi connectivity index (χ3v) is 4.71. The summed E-state index contributed by atoms with van der Waals surface area (Å²) in [7, 11) is 0. The molecule has 4 rings (SSSR count). The predicted octanol–water partition coefficient (Wildman–Crippen LogP) is 1.33. The van der Waals surface area contributed by atoms with Gasteiger partial charge in [0.25, 0.3) is 5.91 Å². The molecule has 24 heavy (non-hydrogen) atoms. The predicted molar refractivity (Wildman–Crippen MR) is 90.0 cm³/mol. The van der Waals surface area contributed by atoms with Crippen LogP contribution < -0.4 is 10.2 Å². The number of rotatable bonds is 3. The van der Waals surface area contributed by atoms with Crippen LogP contribution in [0, 0.1) is 6.92 Å². The van der Waals surface area contributed by atoms with Gasteiger partial charge >= 0.3 is 0 Å². The lowest BCUT2D eigenvalue weighted by atomic mass is 10.1. The minimum absolute atomic E-state index is 0.115. The number of amides is 1. The van der Waals surface area contributed by atoms with Crippen LogP contribution >= 0.6 is 0 Å². The number of nitrogens with one attached hydrogen (secondary N) is 1. The zero-order valence-corrected chi connectivity index (χ0v) is 13.9. The van der Waals surface area contributed by atoms with Gasteiger partial charge in [-0.05, 0) is 32.3 Å². The Morgan fingerprint density at radius 3 is 2.96 bits per heavy atom. The molecule has 0 saturated carbocycles. The van der Waals surface area contributed by atoms with E-state index in [1.54, 1.807) is 12.3 Å². The number of aromatic nitrogens is 4. The minimum Gasteiger partial charge on any atom is -0.346 e. The van der Waals surface area contributed by atoms with Crippen molar-refractivity contribution in [3.8, 4) is 0 Å². The Balaban J connectivity index is 1.44. The minimum atomic E-state index is -0.122. The molecule has 0 radical (unpaired) electrons. The Bertz CT molecular complexity index is 749. The van der Waals surface area contributed by atoms with Crippen LogP contribution in [-0.4, -0.2) is 44.6 Å². The fraction of sp³-hybridized carbons (Fsp3) is 0.529. The smallest absolute Gasteiger partial charge is 0.270 e. The fourth-order valence-electron chi connectivity index (χ4n) is 3.51. The van der Waals surface area contributed by atoms with Gasteiger partial charge in [0.1, 0.15) is 11.5 Å². The van der Waals surface area contributed by atoms with E-state index >= 15 is 0 Å². The van der Waals surface area contributed by atoms with Gasteiger partial charge in [0.05, 0.1) is 5.69 Å². The first-order chi connectivity index (χ1) is 11.7. The van der Waals surface area contributed by atoms with Crippen LogP contribution in [0.25, 0.3) is 0 Å². The van der Waals surface area contributed by atoms with E-state index < -0.39 is 0 Å². The highest BCUT2D eigenvalue weighted by molar-refractivity contribution is 5.92. The van der Waals surface area contributed by atoms with Crippen molar-refractivity contribution < 1.29 is 4.79 Å². The molecule has 126 valence electrons. The molecule has 0 aliphatic carbocycles. The molecule has 1 saturated heterocycles. The van der Waals surface area contributed by atoms with Crippen molar-refractivity contribution in [2.75, 3.05) is 18.0 Å². The molecule has 0 unspecified atom stereocenters. The maximum atomic E-state index is 12.6. The number of aryl methyl sites for hydroxylation is 2. The number of hydrogen-bond donors (Lipinski definition) is 1. The van der Waals surface area contributed by atoms with E-state index in [2.05, 4.69) is 29.7 Å². The molecule has 1 amide bonds. The SMILES string of the molecule is Cc1cn2c(n1)CC[C@@H](NC(=O)c1ccnc(N3CCCC3)n1)C2. The lowest BCUT2D eigenvalue weighted by Gasteiger charge is -2.24. The van der Waals surface area contributed by atoms with Crippen LogP contribution in [0.3, 0.4) is 0 Å². The van der Waals surface area contributed by atoms with E-state index in [0.717, 1.165) is 56.8 Å². The van der Waals surface area contributed by atoms with Crippen molar-refractivity contribution in [3.63, 3.8) is 0 Å². The van der Waals surface area contributed by atoms with E-state index in [1.165, 1.54) is 0 Å². The largest absolute Gasteiger partial charge is 0.346 e. The molecule has 2 aromatic rings.